The highest BCUT2D eigenvalue weighted by Crippen LogP contribution is 2.24. The molecule has 0 aliphatic heterocycles. The van der Waals surface area contributed by atoms with Crippen LogP contribution in [-0.4, -0.2) is 35.1 Å². The number of amides is 1. The van der Waals surface area contributed by atoms with Gasteiger partial charge in [0.2, 0.25) is 5.91 Å². The third kappa shape index (κ3) is 3.58. The van der Waals surface area contributed by atoms with E-state index in [1.54, 1.807) is 17.1 Å². The first-order valence-electron chi connectivity index (χ1n) is 6.66. The molecule has 1 aromatic carbocycles. The number of nitrogens with zero attached hydrogens (tertiary/aromatic N) is 1. The third-order valence-corrected chi connectivity index (χ3v) is 3.49. The minimum absolute atomic E-state index is 0.0119. The average molecular weight is 260 g/mol. The van der Waals surface area contributed by atoms with Crippen LogP contribution in [0.4, 0.5) is 5.69 Å². The molecule has 4 nitrogen and oxygen atoms in total. The number of carbonyl (C=O) groups is 1. The van der Waals surface area contributed by atoms with Crippen molar-refractivity contribution in [2.24, 2.45) is 0 Å². The zero-order valence-electron chi connectivity index (χ0n) is 11.0. The molecule has 1 fully saturated rings. The molecule has 1 saturated carbocycles. The highest BCUT2D eigenvalue weighted by molar-refractivity contribution is 5.92. The van der Waals surface area contributed by atoms with Crippen LogP contribution in [0, 0.1) is 0 Å². The molecule has 2 rings (SSSR count). The van der Waals surface area contributed by atoms with Crippen molar-refractivity contribution in [2.45, 2.75) is 25.3 Å². The maximum absolute atomic E-state index is 12.1. The van der Waals surface area contributed by atoms with E-state index in [2.05, 4.69) is 0 Å². The van der Waals surface area contributed by atoms with Gasteiger partial charge in [-0.25, -0.2) is 0 Å². The number of aliphatic hydroxyl groups is 1. The first kappa shape index (κ1) is 13.6. The van der Waals surface area contributed by atoms with Gasteiger partial charge in [-0.2, -0.15) is 0 Å². The predicted molar refractivity (Wildman–Crippen MR) is 76.3 cm³/mol. The molecule has 19 heavy (non-hydrogen) atoms. The van der Waals surface area contributed by atoms with E-state index >= 15 is 0 Å². The summed E-state index contributed by atoms with van der Waals surface area (Å²) < 4.78 is 0. The van der Waals surface area contributed by atoms with E-state index in [1.807, 2.05) is 24.3 Å². The monoisotopic (exact) mass is 260 g/mol. The lowest BCUT2D eigenvalue weighted by atomic mass is 9.91. The standard InChI is InChI=1S/C15H20N2O2/c16-13-7-4-12(5-8-13)6-9-15(19)17(10-11-18)14-2-1-3-14/h4-9,14,18H,1-3,10-11,16H2/b9-6+. The van der Waals surface area contributed by atoms with Crippen LogP contribution in [-0.2, 0) is 4.79 Å². The van der Waals surface area contributed by atoms with Gasteiger partial charge in [0.05, 0.1) is 6.61 Å². The van der Waals surface area contributed by atoms with Crippen LogP contribution in [0.3, 0.4) is 0 Å². The molecule has 0 spiro atoms. The zero-order valence-corrected chi connectivity index (χ0v) is 11.0. The second-order valence-corrected chi connectivity index (χ2v) is 4.84. The number of nitrogens with two attached hydrogens (primary N) is 1. The van der Waals surface area contributed by atoms with Gasteiger partial charge in [0.25, 0.3) is 0 Å². The summed E-state index contributed by atoms with van der Waals surface area (Å²) in [6.07, 6.45) is 6.61. The quantitative estimate of drug-likeness (QED) is 0.625. The van der Waals surface area contributed by atoms with Crippen LogP contribution in [0.15, 0.2) is 30.3 Å². The first-order chi connectivity index (χ1) is 9.20. The van der Waals surface area contributed by atoms with E-state index in [0.717, 1.165) is 18.4 Å². The molecular weight excluding hydrogens is 240 g/mol. The fourth-order valence-corrected chi connectivity index (χ4v) is 2.15. The van der Waals surface area contributed by atoms with Gasteiger partial charge in [0.15, 0.2) is 0 Å². The van der Waals surface area contributed by atoms with Gasteiger partial charge in [0, 0.05) is 24.4 Å². The van der Waals surface area contributed by atoms with Crippen molar-refractivity contribution >= 4 is 17.7 Å². The van der Waals surface area contributed by atoms with Crippen molar-refractivity contribution in [3.8, 4) is 0 Å². The maximum Gasteiger partial charge on any atom is 0.246 e. The molecule has 0 saturated heterocycles. The van der Waals surface area contributed by atoms with Crippen LogP contribution in [0.5, 0.6) is 0 Å². The van der Waals surface area contributed by atoms with E-state index in [-0.39, 0.29) is 12.5 Å². The van der Waals surface area contributed by atoms with Crippen LogP contribution < -0.4 is 5.73 Å². The Morgan fingerprint density at radius 1 is 1.37 bits per heavy atom. The molecule has 1 aromatic rings. The Morgan fingerprint density at radius 2 is 2.05 bits per heavy atom. The highest BCUT2D eigenvalue weighted by Gasteiger charge is 2.26. The van der Waals surface area contributed by atoms with Gasteiger partial charge in [-0.05, 0) is 43.0 Å². The molecule has 0 bridgehead atoms. The Bertz CT molecular complexity index is 450. The van der Waals surface area contributed by atoms with Crippen molar-refractivity contribution < 1.29 is 9.90 Å². The Hall–Kier alpha value is -1.81. The molecule has 1 amide bonds. The molecule has 1 aliphatic carbocycles. The lowest BCUT2D eigenvalue weighted by Gasteiger charge is -2.36. The maximum atomic E-state index is 12.1. The number of hydrogen-bond donors (Lipinski definition) is 2. The second-order valence-electron chi connectivity index (χ2n) is 4.84. The van der Waals surface area contributed by atoms with Gasteiger partial charge in [-0.15, -0.1) is 0 Å². The lowest BCUT2D eigenvalue weighted by molar-refractivity contribution is -0.130. The summed E-state index contributed by atoms with van der Waals surface area (Å²) in [6, 6.07) is 7.66. The molecule has 0 unspecified atom stereocenters. The number of carbonyl (C=O) groups excluding carboxylic acids is 1. The summed E-state index contributed by atoms with van der Waals surface area (Å²) in [5.74, 6) is -0.0319. The predicted octanol–water partition coefficient (Wildman–Crippen LogP) is 1.66. The normalized spacial score (nSPS) is 15.4. The van der Waals surface area contributed by atoms with E-state index < -0.39 is 0 Å². The molecule has 0 atom stereocenters. The molecule has 1 aliphatic rings. The van der Waals surface area contributed by atoms with Crippen LogP contribution in [0.25, 0.3) is 6.08 Å². The topological polar surface area (TPSA) is 66.6 Å². The fraction of sp³-hybridized carbons (Fsp3) is 0.400. The Morgan fingerprint density at radius 3 is 2.58 bits per heavy atom. The molecule has 4 heteroatoms. The minimum Gasteiger partial charge on any atom is -0.399 e. The van der Waals surface area contributed by atoms with E-state index in [9.17, 15) is 4.79 Å². The summed E-state index contributed by atoms with van der Waals surface area (Å²) in [5, 5.41) is 9.04. The molecule has 102 valence electrons. The molecule has 0 heterocycles. The third-order valence-electron chi connectivity index (χ3n) is 3.49. The van der Waals surface area contributed by atoms with E-state index in [1.165, 1.54) is 6.42 Å². The number of aliphatic hydroxyl groups excluding tert-OH is 1. The summed E-state index contributed by atoms with van der Waals surface area (Å²) in [5.41, 5.74) is 7.26. The van der Waals surface area contributed by atoms with Gasteiger partial charge >= 0.3 is 0 Å². The largest absolute Gasteiger partial charge is 0.399 e. The molecule has 3 N–H and O–H groups in total. The van der Waals surface area contributed by atoms with Crippen molar-refractivity contribution in [2.75, 3.05) is 18.9 Å². The second kappa shape index (κ2) is 6.38. The van der Waals surface area contributed by atoms with Gasteiger partial charge in [-0.1, -0.05) is 12.1 Å². The van der Waals surface area contributed by atoms with Crippen LogP contribution in [0.2, 0.25) is 0 Å². The fourth-order valence-electron chi connectivity index (χ4n) is 2.15. The number of hydrogen-bond acceptors (Lipinski definition) is 3. The Balaban J connectivity index is 1.99. The number of nitrogen functional groups attached to an aromatic ring is 1. The number of anilines is 1. The first-order valence-corrected chi connectivity index (χ1v) is 6.66. The SMILES string of the molecule is Nc1ccc(/C=C/C(=O)N(CCO)C2CCC2)cc1. The van der Waals surface area contributed by atoms with Crippen molar-refractivity contribution in [3.63, 3.8) is 0 Å². The van der Waals surface area contributed by atoms with E-state index in [4.69, 9.17) is 10.8 Å². The molecule has 0 aromatic heterocycles. The summed E-state index contributed by atoms with van der Waals surface area (Å²) in [7, 11) is 0. The minimum atomic E-state index is -0.0319. The zero-order chi connectivity index (χ0) is 13.7. The van der Waals surface area contributed by atoms with Crippen LogP contribution >= 0.6 is 0 Å². The Labute approximate surface area is 113 Å². The average Bonchev–Trinajstić information content (AvgIpc) is 2.35. The number of rotatable bonds is 5. The van der Waals surface area contributed by atoms with Crippen molar-refractivity contribution in [1.29, 1.82) is 0 Å². The lowest BCUT2D eigenvalue weighted by Crippen LogP contribution is -2.44. The molecular formula is C15H20N2O2. The van der Waals surface area contributed by atoms with Crippen molar-refractivity contribution in [3.05, 3.63) is 35.9 Å². The van der Waals surface area contributed by atoms with Gasteiger partial charge in [-0.3, -0.25) is 4.79 Å². The van der Waals surface area contributed by atoms with Crippen LogP contribution in [0.1, 0.15) is 24.8 Å². The van der Waals surface area contributed by atoms with E-state index in [0.29, 0.717) is 18.3 Å². The summed E-state index contributed by atoms with van der Waals surface area (Å²) in [6.45, 7) is 0.424. The summed E-state index contributed by atoms with van der Waals surface area (Å²) in [4.78, 5) is 13.9. The smallest absolute Gasteiger partial charge is 0.246 e. The number of benzene rings is 1. The van der Waals surface area contributed by atoms with Gasteiger partial charge < -0.3 is 15.7 Å². The van der Waals surface area contributed by atoms with Gasteiger partial charge in [0.1, 0.15) is 0 Å². The van der Waals surface area contributed by atoms with Crippen molar-refractivity contribution in [1.82, 2.24) is 4.90 Å². The summed E-state index contributed by atoms with van der Waals surface area (Å²) >= 11 is 0. The highest BCUT2D eigenvalue weighted by atomic mass is 16.3. The Kier molecular flexibility index (Phi) is 4.58. The molecule has 0 radical (unpaired) electrons.